The second kappa shape index (κ2) is 7.49. The van der Waals surface area contributed by atoms with Gasteiger partial charge in [-0.1, -0.05) is 29.8 Å². The van der Waals surface area contributed by atoms with Crippen molar-refractivity contribution in [3.8, 4) is 0 Å². The molecule has 1 amide bonds. The molecule has 3 rings (SSSR count). The smallest absolute Gasteiger partial charge is 0.288 e. The van der Waals surface area contributed by atoms with E-state index >= 15 is 0 Å². The summed E-state index contributed by atoms with van der Waals surface area (Å²) in [4.78, 5) is 22.6. The van der Waals surface area contributed by atoms with Gasteiger partial charge in [-0.15, -0.1) is 0 Å². The third-order valence-electron chi connectivity index (χ3n) is 4.25. The Morgan fingerprint density at radius 2 is 2.00 bits per heavy atom. The molecule has 2 aromatic rings. The van der Waals surface area contributed by atoms with Crippen LogP contribution in [0.5, 0.6) is 0 Å². The van der Waals surface area contributed by atoms with Crippen molar-refractivity contribution in [3.63, 3.8) is 0 Å². The van der Waals surface area contributed by atoms with Gasteiger partial charge in [-0.3, -0.25) is 14.9 Å². The van der Waals surface area contributed by atoms with E-state index in [1.165, 1.54) is 41.8 Å². The van der Waals surface area contributed by atoms with Crippen molar-refractivity contribution in [2.45, 2.75) is 25.7 Å². The van der Waals surface area contributed by atoms with Crippen LogP contribution < -0.4 is 5.32 Å². The lowest BCUT2D eigenvalue weighted by atomic mass is 9.90. The zero-order chi connectivity index (χ0) is 17.8. The van der Waals surface area contributed by atoms with Crippen LogP contribution in [0.2, 0.25) is 5.02 Å². The number of nitrogens with one attached hydrogen (secondary N) is 1. The van der Waals surface area contributed by atoms with Crippen molar-refractivity contribution in [2.24, 2.45) is 0 Å². The fourth-order valence-electron chi connectivity index (χ4n) is 3.02. The molecule has 25 heavy (non-hydrogen) atoms. The van der Waals surface area contributed by atoms with Gasteiger partial charge >= 0.3 is 0 Å². The molecule has 128 valence electrons. The molecule has 1 N–H and O–H groups in total. The highest BCUT2D eigenvalue weighted by Crippen LogP contribution is 2.28. The van der Waals surface area contributed by atoms with Crippen LogP contribution in [0.25, 0.3) is 6.08 Å². The van der Waals surface area contributed by atoms with Crippen LogP contribution in [0.3, 0.4) is 0 Å². The maximum absolute atomic E-state index is 12.2. The van der Waals surface area contributed by atoms with Gasteiger partial charge in [-0.05, 0) is 60.6 Å². The van der Waals surface area contributed by atoms with Gasteiger partial charge in [-0.25, -0.2) is 0 Å². The first-order valence-electron chi connectivity index (χ1n) is 8.08. The zero-order valence-corrected chi connectivity index (χ0v) is 14.3. The predicted octanol–water partition coefficient (Wildman–Crippen LogP) is 4.78. The van der Waals surface area contributed by atoms with E-state index in [4.69, 9.17) is 11.6 Å². The molecular weight excluding hydrogens is 340 g/mol. The van der Waals surface area contributed by atoms with Gasteiger partial charge < -0.3 is 5.32 Å². The Balaban J connectivity index is 1.74. The average Bonchev–Trinajstić information content (AvgIpc) is 2.61. The van der Waals surface area contributed by atoms with Gasteiger partial charge in [0.1, 0.15) is 5.02 Å². The number of amides is 1. The number of nitro groups is 1. The first-order valence-corrected chi connectivity index (χ1v) is 8.46. The summed E-state index contributed by atoms with van der Waals surface area (Å²) in [5, 5.41) is 13.9. The van der Waals surface area contributed by atoms with Gasteiger partial charge in [0, 0.05) is 17.8 Å². The molecule has 6 heteroatoms. The van der Waals surface area contributed by atoms with Gasteiger partial charge in [0.15, 0.2) is 0 Å². The highest BCUT2D eigenvalue weighted by molar-refractivity contribution is 6.32. The summed E-state index contributed by atoms with van der Waals surface area (Å²) in [7, 11) is 0. The molecule has 0 spiro atoms. The van der Waals surface area contributed by atoms with Crippen LogP contribution >= 0.6 is 11.6 Å². The lowest BCUT2D eigenvalue weighted by Gasteiger charge is -2.19. The number of nitro benzene ring substituents is 1. The lowest BCUT2D eigenvalue weighted by Crippen LogP contribution is -2.13. The number of hydrogen-bond acceptors (Lipinski definition) is 3. The lowest BCUT2D eigenvalue weighted by molar-refractivity contribution is -0.384. The van der Waals surface area contributed by atoms with E-state index in [-0.39, 0.29) is 16.6 Å². The number of carbonyl (C=O) groups is 1. The van der Waals surface area contributed by atoms with Crippen LogP contribution in [-0.2, 0) is 17.6 Å². The number of hydrogen-bond donors (Lipinski definition) is 1. The third-order valence-corrected chi connectivity index (χ3v) is 4.57. The van der Waals surface area contributed by atoms with Crippen molar-refractivity contribution in [2.75, 3.05) is 5.32 Å². The van der Waals surface area contributed by atoms with E-state index in [9.17, 15) is 14.9 Å². The molecule has 0 atom stereocenters. The standard InChI is InChI=1S/C19H17ClN2O3/c20-16-10-8-13(12-18(16)22(24)25)9-11-19(23)21-17-7-3-5-14-4-1-2-6-15(14)17/h3,5,7-12H,1-2,4,6H2,(H,21,23)/b11-9+. The van der Waals surface area contributed by atoms with Gasteiger partial charge in [0.25, 0.3) is 5.69 Å². The number of rotatable bonds is 4. The molecule has 0 fully saturated rings. The molecule has 0 saturated heterocycles. The fraction of sp³-hybridized carbons (Fsp3) is 0.211. The average molecular weight is 357 g/mol. The predicted molar refractivity (Wildman–Crippen MR) is 98.9 cm³/mol. The third kappa shape index (κ3) is 4.06. The number of benzene rings is 2. The zero-order valence-electron chi connectivity index (χ0n) is 13.5. The highest BCUT2D eigenvalue weighted by Gasteiger charge is 2.14. The maximum Gasteiger partial charge on any atom is 0.288 e. The van der Waals surface area contributed by atoms with E-state index in [0.717, 1.165) is 24.9 Å². The number of fused-ring (bicyclic) bond motifs is 1. The summed E-state index contributed by atoms with van der Waals surface area (Å²) in [6.45, 7) is 0. The van der Waals surface area contributed by atoms with E-state index in [1.807, 2.05) is 12.1 Å². The fourth-order valence-corrected chi connectivity index (χ4v) is 3.20. The van der Waals surface area contributed by atoms with Crippen molar-refractivity contribution in [3.05, 3.63) is 74.3 Å². The van der Waals surface area contributed by atoms with Crippen molar-refractivity contribution < 1.29 is 9.72 Å². The summed E-state index contributed by atoms with van der Waals surface area (Å²) in [5.74, 6) is -0.267. The molecule has 0 aliphatic heterocycles. The normalized spacial score (nSPS) is 13.5. The molecule has 0 saturated carbocycles. The first kappa shape index (κ1) is 17.2. The summed E-state index contributed by atoms with van der Waals surface area (Å²) < 4.78 is 0. The summed E-state index contributed by atoms with van der Waals surface area (Å²) in [6.07, 6.45) is 7.23. The SMILES string of the molecule is O=C(/C=C/c1ccc(Cl)c([N+](=O)[O-])c1)Nc1cccc2c1CCCC2. The maximum atomic E-state index is 12.2. The molecule has 0 unspecified atom stereocenters. The first-order chi connectivity index (χ1) is 12.0. The summed E-state index contributed by atoms with van der Waals surface area (Å²) in [6, 6.07) is 10.4. The van der Waals surface area contributed by atoms with Crippen molar-refractivity contribution >= 4 is 35.0 Å². The van der Waals surface area contributed by atoms with Crippen molar-refractivity contribution in [1.29, 1.82) is 0 Å². The number of carbonyl (C=O) groups excluding carboxylic acids is 1. The van der Waals surface area contributed by atoms with Gasteiger partial charge in [-0.2, -0.15) is 0 Å². The minimum absolute atomic E-state index is 0.0718. The van der Waals surface area contributed by atoms with Gasteiger partial charge in [0.05, 0.1) is 4.92 Å². The van der Waals surface area contributed by atoms with Crippen LogP contribution in [0.1, 0.15) is 29.5 Å². The van der Waals surface area contributed by atoms with Crippen molar-refractivity contribution in [1.82, 2.24) is 0 Å². The van der Waals surface area contributed by atoms with Gasteiger partial charge in [0.2, 0.25) is 5.91 Å². The molecule has 1 aliphatic rings. The monoisotopic (exact) mass is 356 g/mol. The molecule has 0 bridgehead atoms. The summed E-state index contributed by atoms with van der Waals surface area (Å²) in [5.41, 5.74) is 3.70. The van der Waals surface area contributed by atoms with E-state index in [2.05, 4.69) is 11.4 Å². The number of halogens is 1. The molecular formula is C19H17ClN2O3. The second-order valence-electron chi connectivity index (χ2n) is 5.94. The number of aryl methyl sites for hydroxylation is 1. The Morgan fingerprint density at radius 1 is 1.20 bits per heavy atom. The Labute approximate surface area is 150 Å². The van der Waals surface area contributed by atoms with E-state index < -0.39 is 4.92 Å². The number of anilines is 1. The molecule has 0 aromatic heterocycles. The molecule has 2 aromatic carbocycles. The molecule has 5 nitrogen and oxygen atoms in total. The van der Waals surface area contributed by atoms with Crippen LogP contribution in [0, 0.1) is 10.1 Å². The van der Waals surface area contributed by atoms with E-state index in [0.29, 0.717) is 5.56 Å². The minimum atomic E-state index is -0.546. The van der Waals surface area contributed by atoms with Crippen LogP contribution in [0.15, 0.2) is 42.5 Å². The Kier molecular flexibility index (Phi) is 5.14. The largest absolute Gasteiger partial charge is 0.322 e. The Hall–Kier alpha value is -2.66. The Morgan fingerprint density at radius 3 is 2.80 bits per heavy atom. The van der Waals surface area contributed by atoms with Crippen LogP contribution in [0.4, 0.5) is 11.4 Å². The number of nitrogens with zero attached hydrogens (tertiary/aromatic N) is 1. The molecule has 0 heterocycles. The quantitative estimate of drug-likeness (QED) is 0.486. The van der Waals surface area contributed by atoms with E-state index in [1.54, 1.807) is 6.07 Å². The van der Waals surface area contributed by atoms with Crippen LogP contribution in [-0.4, -0.2) is 10.8 Å². The summed E-state index contributed by atoms with van der Waals surface area (Å²) >= 11 is 5.78. The molecule has 1 aliphatic carbocycles. The minimum Gasteiger partial charge on any atom is -0.322 e. The Bertz CT molecular complexity index is 862. The topological polar surface area (TPSA) is 72.2 Å². The molecule has 0 radical (unpaired) electrons. The second-order valence-corrected chi connectivity index (χ2v) is 6.35. The highest BCUT2D eigenvalue weighted by atomic mass is 35.5.